The molecule has 110 valence electrons. The molecule has 2 fully saturated rings. The molecule has 2 unspecified atom stereocenters. The minimum absolute atomic E-state index is 0.355. The molecule has 1 heterocycles. The Bertz CT molecular complexity index is 439. The number of hydrogen-bond donors (Lipinski definition) is 2. The van der Waals surface area contributed by atoms with Gasteiger partial charge in [0.15, 0.2) is 0 Å². The molecule has 0 radical (unpaired) electrons. The van der Waals surface area contributed by atoms with Gasteiger partial charge in [0.05, 0.1) is 0 Å². The van der Waals surface area contributed by atoms with Gasteiger partial charge in [-0.2, -0.15) is 0 Å². The predicted octanol–water partition coefficient (Wildman–Crippen LogP) is 2.60. The van der Waals surface area contributed by atoms with Gasteiger partial charge in [0, 0.05) is 31.7 Å². The number of nitrogens with zero attached hydrogens (tertiary/aromatic N) is 1. The Hall–Kier alpha value is -1.06. The second kappa shape index (κ2) is 5.74. The van der Waals surface area contributed by atoms with Crippen molar-refractivity contribution >= 4 is 0 Å². The van der Waals surface area contributed by atoms with Gasteiger partial charge < -0.3 is 10.4 Å². The molecule has 1 saturated carbocycles. The number of phenolic OH excluding ortho intramolecular Hbond substituents is 1. The van der Waals surface area contributed by atoms with E-state index in [1.165, 1.54) is 18.4 Å². The first kappa shape index (κ1) is 13.9. The maximum atomic E-state index is 9.40. The topological polar surface area (TPSA) is 35.5 Å². The zero-order valence-corrected chi connectivity index (χ0v) is 12.5. The zero-order valence-electron chi connectivity index (χ0n) is 12.5. The van der Waals surface area contributed by atoms with E-state index >= 15 is 0 Å². The van der Waals surface area contributed by atoms with Crippen molar-refractivity contribution in [3.63, 3.8) is 0 Å². The van der Waals surface area contributed by atoms with E-state index in [1.54, 1.807) is 12.1 Å². The van der Waals surface area contributed by atoms with Crippen molar-refractivity contribution in [2.75, 3.05) is 13.1 Å². The van der Waals surface area contributed by atoms with Crippen LogP contribution in [0.5, 0.6) is 5.75 Å². The van der Waals surface area contributed by atoms with Crippen LogP contribution < -0.4 is 5.32 Å². The summed E-state index contributed by atoms with van der Waals surface area (Å²) in [5.74, 6) is 1.93. The summed E-state index contributed by atoms with van der Waals surface area (Å²) in [5.41, 5.74) is 1.30. The van der Waals surface area contributed by atoms with Crippen LogP contribution in [-0.2, 0) is 6.54 Å². The maximum absolute atomic E-state index is 9.40. The summed E-state index contributed by atoms with van der Waals surface area (Å²) in [4.78, 5) is 2.66. The molecule has 0 spiro atoms. The Morgan fingerprint density at radius 2 is 1.95 bits per heavy atom. The molecule has 2 aliphatic rings. The van der Waals surface area contributed by atoms with Gasteiger partial charge in [0.1, 0.15) is 5.75 Å². The van der Waals surface area contributed by atoms with Crippen molar-refractivity contribution in [2.45, 2.75) is 45.3 Å². The van der Waals surface area contributed by atoms with Crippen LogP contribution in [0.4, 0.5) is 0 Å². The van der Waals surface area contributed by atoms with E-state index < -0.39 is 0 Å². The third-order valence-electron chi connectivity index (χ3n) is 4.78. The molecule has 1 aromatic rings. The molecule has 2 atom stereocenters. The molecular formula is C17H26N2O. The largest absolute Gasteiger partial charge is 0.508 e. The van der Waals surface area contributed by atoms with E-state index in [-0.39, 0.29) is 0 Å². The summed E-state index contributed by atoms with van der Waals surface area (Å²) in [6.07, 6.45) is 2.79. The minimum Gasteiger partial charge on any atom is -0.508 e. The van der Waals surface area contributed by atoms with E-state index in [0.717, 1.165) is 25.6 Å². The fourth-order valence-electron chi connectivity index (χ4n) is 3.26. The third kappa shape index (κ3) is 3.15. The first-order valence-electron chi connectivity index (χ1n) is 7.89. The predicted molar refractivity (Wildman–Crippen MR) is 81.7 cm³/mol. The summed E-state index contributed by atoms with van der Waals surface area (Å²) in [7, 11) is 0. The molecule has 1 aliphatic carbocycles. The van der Waals surface area contributed by atoms with E-state index in [0.29, 0.717) is 23.8 Å². The Balaban J connectivity index is 1.70. The van der Waals surface area contributed by atoms with Crippen molar-refractivity contribution in [1.29, 1.82) is 0 Å². The van der Waals surface area contributed by atoms with Crippen molar-refractivity contribution in [3.05, 3.63) is 29.8 Å². The summed E-state index contributed by atoms with van der Waals surface area (Å²) >= 11 is 0. The van der Waals surface area contributed by atoms with E-state index in [2.05, 4.69) is 24.1 Å². The number of hydrogen-bond acceptors (Lipinski definition) is 3. The number of aromatic hydroxyl groups is 1. The Labute approximate surface area is 122 Å². The van der Waals surface area contributed by atoms with Crippen molar-refractivity contribution in [1.82, 2.24) is 10.2 Å². The third-order valence-corrected chi connectivity index (χ3v) is 4.78. The SMILES string of the molecule is CC(C)C1CN(Cc2ccc(O)cc2)C(C2CC2)CN1. The average Bonchev–Trinajstić information content (AvgIpc) is 3.26. The van der Waals surface area contributed by atoms with Gasteiger partial charge in [-0.1, -0.05) is 26.0 Å². The van der Waals surface area contributed by atoms with Gasteiger partial charge in [0.2, 0.25) is 0 Å². The van der Waals surface area contributed by atoms with Crippen LogP contribution in [0.25, 0.3) is 0 Å². The number of rotatable bonds is 4. The smallest absolute Gasteiger partial charge is 0.115 e. The fourth-order valence-corrected chi connectivity index (χ4v) is 3.26. The standard InChI is InChI=1S/C17H26N2O/c1-12(2)16-11-19(17(9-18-16)14-5-6-14)10-13-3-7-15(20)8-4-13/h3-4,7-8,12,14,16-18,20H,5-6,9-11H2,1-2H3. The normalized spacial score (nSPS) is 27.9. The monoisotopic (exact) mass is 274 g/mol. The summed E-state index contributed by atoms with van der Waals surface area (Å²) in [6.45, 7) is 7.87. The van der Waals surface area contributed by atoms with Crippen LogP contribution in [0, 0.1) is 11.8 Å². The van der Waals surface area contributed by atoms with E-state index in [9.17, 15) is 5.11 Å². The van der Waals surface area contributed by atoms with Crippen LogP contribution in [0.3, 0.4) is 0 Å². The summed E-state index contributed by atoms with van der Waals surface area (Å²) < 4.78 is 0. The molecule has 1 aliphatic heterocycles. The molecule has 20 heavy (non-hydrogen) atoms. The molecule has 3 rings (SSSR count). The first-order chi connectivity index (χ1) is 9.63. The molecule has 2 N–H and O–H groups in total. The van der Waals surface area contributed by atoms with Gasteiger partial charge in [0.25, 0.3) is 0 Å². The number of nitrogens with one attached hydrogen (secondary N) is 1. The molecule has 0 aromatic heterocycles. The number of benzene rings is 1. The van der Waals surface area contributed by atoms with Gasteiger partial charge in [-0.3, -0.25) is 4.90 Å². The van der Waals surface area contributed by atoms with Crippen molar-refractivity contribution in [2.24, 2.45) is 11.8 Å². The highest BCUT2D eigenvalue weighted by Crippen LogP contribution is 2.37. The molecule has 3 nitrogen and oxygen atoms in total. The Morgan fingerprint density at radius 1 is 1.25 bits per heavy atom. The molecule has 3 heteroatoms. The lowest BCUT2D eigenvalue weighted by molar-refractivity contribution is 0.0926. The second-order valence-corrected chi connectivity index (χ2v) is 6.76. The highest BCUT2D eigenvalue weighted by molar-refractivity contribution is 5.26. The molecular weight excluding hydrogens is 248 g/mol. The van der Waals surface area contributed by atoms with E-state index in [4.69, 9.17) is 0 Å². The lowest BCUT2D eigenvalue weighted by Gasteiger charge is -2.42. The fraction of sp³-hybridized carbons (Fsp3) is 0.647. The minimum atomic E-state index is 0.355. The maximum Gasteiger partial charge on any atom is 0.115 e. The van der Waals surface area contributed by atoms with Gasteiger partial charge in [-0.25, -0.2) is 0 Å². The second-order valence-electron chi connectivity index (χ2n) is 6.76. The zero-order chi connectivity index (χ0) is 14.1. The Kier molecular flexibility index (Phi) is 3.99. The average molecular weight is 274 g/mol. The van der Waals surface area contributed by atoms with Crippen molar-refractivity contribution < 1.29 is 5.11 Å². The number of phenols is 1. The lowest BCUT2D eigenvalue weighted by Crippen LogP contribution is -2.58. The quantitative estimate of drug-likeness (QED) is 0.886. The number of piperazine rings is 1. The van der Waals surface area contributed by atoms with Crippen LogP contribution in [0.2, 0.25) is 0 Å². The lowest BCUT2D eigenvalue weighted by atomic mass is 9.97. The van der Waals surface area contributed by atoms with E-state index in [1.807, 2.05) is 12.1 Å². The van der Waals surface area contributed by atoms with Gasteiger partial charge >= 0.3 is 0 Å². The highest BCUT2D eigenvalue weighted by atomic mass is 16.3. The van der Waals surface area contributed by atoms with Crippen molar-refractivity contribution in [3.8, 4) is 5.75 Å². The molecule has 0 bridgehead atoms. The van der Waals surface area contributed by atoms with Gasteiger partial charge in [-0.05, 0) is 42.4 Å². The van der Waals surface area contributed by atoms with Gasteiger partial charge in [-0.15, -0.1) is 0 Å². The molecule has 0 amide bonds. The van der Waals surface area contributed by atoms with Crippen LogP contribution in [0.15, 0.2) is 24.3 Å². The van der Waals surface area contributed by atoms with Crippen LogP contribution in [-0.4, -0.2) is 35.2 Å². The summed E-state index contributed by atoms with van der Waals surface area (Å²) in [5, 5.41) is 13.1. The highest BCUT2D eigenvalue weighted by Gasteiger charge is 2.39. The summed E-state index contributed by atoms with van der Waals surface area (Å²) in [6, 6.07) is 8.98. The Morgan fingerprint density at radius 3 is 2.55 bits per heavy atom. The van der Waals surface area contributed by atoms with Crippen LogP contribution >= 0.6 is 0 Å². The first-order valence-corrected chi connectivity index (χ1v) is 7.89. The molecule has 1 saturated heterocycles. The van der Waals surface area contributed by atoms with Crippen LogP contribution in [0.1, 0.15) is 32.3 Å². The molecule has 1 aromatic carbocycles.